The Morgan fingerprint density at radius 1 is 1.12 bits per heavy atom. The molecule has 0 aliphatic heterocycles. The number of hydrogen-bond acceptors (Lipinski definition) is 1. The van der Waals surface area contributed by atoms with Crippen LogP contribution in [-0.4, -0.2) is 0 Å². The van der Waals surface area contributed by atoms with Crippen LogP contribution in [0.1, 0.15) is 31.9 Å². The maximum Gasteiger partial charge on any atom is 0.360 e. The van der Waals surface area contributed by atoms with Gasteiger partial charge in [0, 0.05) is 0 Å². The molecule has 0 fully saturated rings. The first kappa shape index (κ1) is 12.6. The number of alkyl halides is 2. The van der Waals surface area contributed by atoms with Gasteiger partial charge in [0.1, 0.15) is 11.9 Å². The number of halogens is 3. The summed E-state index contributed by atoms with van der Waals surface area (Å²) in [6.07, 6.45) is 0. The average Bonchev–Trinajstić information content (AvgIpc) is 2.16. The largest absolute Gasteiger partial charge is 0.360 e. The van der Waals surface area contributed by atoms with E-state index < -0.39 is 22.7 Å². The Labute approximate surface area is 92.5 Å². The molecule has 1 aromatic rings. The standard InChI is InChI=1S/C12H12F3N/c1-11(2,3)8-5-4-6-9(10(8)13)12(14,15)7-16/h4-6H,1-3H3. The highest BCUT2D eigenvalue weighted by atomic mass is 19.3. The SMILES string of the molecule is CC(C)(C)c1cccc(C(F)(F)C#N)c1F. The first-order valence-corrected chi connectivity index (χ1v) is 4.78. The summed E-state index contributed by atoms with van der Waals surface area (Å²) in [4.78, 5) is 0. The fraction of sp³-hybridized carbons (Fsp3) is 0.417. The highest BCUT2D eigenvalue weighted by Gasteiger charge is 2.36. The van der Waals surface area contributed by atoms with Gasteiger partial charge in [-0.2, -0.15) is 14.0 Å². The van der Waals surface area contributed by atoms with Crippen LogP contribution in [0.15, 0.2) is 18.2 Å². The number of rotatable bonds is 1. The van der Waals surface area contributed by atoms with Crippen LogP contribution in [0.25, 0.3) is 0 Å². The first-order valence-electron chi connectivity index (χ1n) is 4.78. The van der Waals surface area contributed by atoms with E-state index in [0.29, 0.717) is 0 Å². The maximum absolute atomic E-state index is 13.8. The van der Waals surface area contributed by atoms with Gasteiger partial charge in [-0.15, -0.1) is 0 Å². The van der Waals surface area contributed by atoms with Crippen molar-refractivity contribution in [2.45, 2.75) is 32.1 Å². The van der Waals surface area contributed by atoms with Crippen LogP contribution in [0, 0.1) is 17.1 Å². The van der Waals surface area contributed by atoms with Crippen molar-refractivity contribution in [1.82, 2.24) is 0 Å². The summed E-state index contributed by atoms with van der Waals surface area (Å²) in [6.45, 7) is 5.17. The molecular formula is C12H12F3N. The monoisotopic (exact) mass is 227 g/mol. The molecule has 0 bridgehead atoms. The predicted molar refractivity (Wildman–Crippen MR) is 54.6 cm³/mol. The van der Waals surface area contributed by atoms with Crippen LogP contribution in [0.2, 0.25) is 0 Å². The van der Waals surface area contributed by atoms with Crippen LogP contribution in [0.3, 0.4) is 0 Å². The molecule has 1 rings (SSSR count). The lowest BCUT2D eigenvalue weighted by atomic mass is 9.85. The van der Waals surface area contributed by atoms with Gasteiger partial charge in [-0.3, -0.25) is 0 Å². The lowest BCUT2D eigenvalue weighted by molar-refractivity contribution is 0.0568. The smallest absolute Gasteiger partial charge is 0.206 e. The molecule has 1 aromatic carbocycles. The van der Waals surface area contributed by atoms with E-state index in [0.717, 1.165) is 12.1 Å². The van der Waals surface area contributed by atoms with E-state index in [1.165, 1.54) is 12.1 Å². The van der Waals surface area contributed by atoms with Gasteiger partial charge in [-0.1, -0.05) is 32.9 Å². The van der Waals surface area contributed by atoms with Gasteiger partial charge in [0.2, 0.25) is 0 Å². The lowest BCUT2D eigenvalue weighted by Gasteiger charge is -2.22. The Hall–Kier alpha value is -1.50. The molecule has 0 saturated heterocycles. The van der Waals surface area contributed by atoms with Crippen molar-refractivity contribution in [2.24, 2.45) is 0 Å². The fourth-order valence-electron chi connectivity index (χ4n) is 1.41. The molecule has 0 saturated carbocycles. The second-order valence-corrected chi connectivity index (χ2v) is 4.60. The fourth-order valence-corrected chi connectivity index (χ4v) is 1.41. The van der Waals surface area contributed by atoms with E-state index in [1.54, 1.807) is 20.8 Å². The molecule has 0 radical (unpaired) electrons. The van der Waals surface area contributed by atoms with Gasteiger partial charge in [0.05, 0.1) is 5.56 Å². The molecule has 1 nitrogen and oxygen atoms in total. The third kappa shape index (κ3) is 2.19. The minimum absolute atomic E-state index is 0.180. The topological polar surface area (TPSA) is 23.8 Å². The molecule has 0 atom stereocenters. The molecular weight excluding hydrogens is 215 g/mol. The van der Waals surface area contributed by atoms with E-state index in [1.807, 2.05) is 0 Å². The average molecular weight is 227 g/mol. The molecule has 86 valence electrons. The van der Waals surface area contributed by atoms with Crippen molar-refractivity contribution in [1.29, 1.82) is 5.26 Å². The number of benzene rings is 1. The Bertz CT molecular complexity index is 439. The summed E-state index contributed by atoms with van der Waals surface area (Å²) in [5.41, 5.74) is -1.26. The van der Waals surface area contributed by atoms with Crippen molar-refractivity contribution >= 4 is 0 Å². The second-order valence-electron chi connectivity index (χ2n) is 4.60. The summed E-state index contributed by atoms with van der Waals surface area (Å²) in [7, 11) is 0. The van der Waals surface area contributed by atoms with E-state index in [9.17, 15) is 13.2 Å². The van der Waals surface area contributed by atoms with Crippen molar-refractivity contribution < 1.29 is 13.2 Å². The zero-order chi connectivity index (χ0) is 12.6. The minimum Gasteiger partial charge on any atom is -0.206 e. The van der Waals surface area contributed by atoms with Crippen molar-refractivity contribution in [3.8, 4) is 6.07 Å². The maximum atomic E-state index is 13.8. The molecule has 0 unspecified atom stereocenters. The second kappa shape index (κ2) is 3.82. The molecule has 0 aromatic heterocycles. The van der Waals surface area contributed by atoms with Gasteiger partial charge >= 0.3 is 5.92 Å². The van der Waals surface area contributed by atoms with Crippen LogP contribution in [0.4, 0.5) is 13.2 Å². The summed E-state index contributed by atoms with van der Waals surface area (Å²) in [5.74, 6) is -4.78. The Morgan fingerprint density at radius 3 is 2.06 bits per heavy atom. The van der Waals surface area contributed by atoms with E-state index in [4.69, 9.17) is 5.26 Å². The first-order chi connectivity index (χ1) is 7.20. The van der Waals surface area contributed by atoms with Crippen LogP contribution in [0.5, 0.6) is 0 Å². The summed E-state index contributed by atoms with van der Waals surface area (Å²) >= 11 is 0. The normalized spacial score (nSPS) is 12.3. The Kier molecular flexibility index (Phi) is 3.00. The van der Waals surface area contributed by atoms with Crippen LogP contribution in [-0.2, 0) is 11.3 Å². The Morgan fingerprint density at radius 2 is 1.62 bits per heavy atom. The number of hydrogen-bond donors (Lipinski definition) is 0. The van der Waals surface area contributed by atoms with Gasteiger partial charge in [-0.25, -0.2) is 4.39 Å². The van der Waals surface area contributed by atoms with Crippen LogP contribution >= 0.6 is 0 Å². The minimum atomic E-state index is -3.79. The highest BCUT2D eigenvalue weighted by molar-refractivity contribution is 5.35. The van der Waals surface area contributed by atoms with Gasteiger partial charge < -0.3 is 0 Å². The lowest BCUT2D eigenvalue weighted by Crippen LogP contribution is -2.19. The van der Waals surface area contributed by atoms with E-state index in [-0.39, 0.29) is 5.56 Å². The highest BCUT2D eigenvalue weighted by Crippen LogP contribution is 2.34. The number of nitriles is 1. The van der Waals surface area contributed by atoms with E-state index in [2.05, 4.69) is 0 Å². The predicted octanol–water partition coefficient (Wildman–Crippen LogP) is 3.74. The van der Waals surface area contributed by atoms with E-state index >= 15 is 0 Å². The molecule has 0 amide bonds. The number of nitrogens with zero attached hydrogens (tertiary/aromatic N) is 1. The molecule has 16 heavy (non-hydrogen) atoms. The molecule has 0 aliphatic rings. The van der Waals surface area contributed by atoms with Crippen molar-refractivity contribution in [3.63, 3.8) is 0 Å². The molecule has 4 heteroatoms. The zero-order valence-corrected chi connectivity index (χ0v) is 9.31. The van der Waals surface area contributed by atoms with Gasteiger partial charge in [-0.05, 0) is 17.0 Å². The van der Waals surface area contributed by atoms with Crippen molar-refractivity contribution in [3.05, 3.63) is 35.1 Å². The molecule has 0 spiro atoms. The van der Waals surface area contributed by atoms with Crippen molar-refractivity contribution in [2.75, 3.05) is 0 Å². The molecule has 0 heterocycles. The van der Waals surface area contributed by atoms with Gasteiger partial charge in [0.15, 0.2) is 0 Å². The molecule has 0 N–H and O–H groups in total. The summed E-state index contributed by atoms with van der Waals surface area (Å²) < 4.78 is 40.0. The third-order valence-corrected chi connectivity index (χ3v) is 2.29. The summed E-state index contributed by atoms with van der Waals surface area (Å²) in [5, 5.41) is 8.30. The van der Waals surface area contributed by atoms with Crippen LogP contribution < -0.4 is 0 Å². The zero-order valence-electron chi connectivity index (χ0n) is 9.31. The van der Waals surface area contributed by atoms with Gasteiger partial charge in [0.25, 0.3) is 0 Å². The molecule has 0 aliphatic carbocycles. The Balaban J connectivity index is 3.43. The third-order valence-electron chi connectivity index (χ3n) is 2.29. The quantitative estimate of drug-likeness (QED) is 0.717. The summed E-state index contributed by atoms with van der Waals surface area (Å²) in [6, 6.07) is 4.53.